The molecule has 35 heavy (non-hydrogen) atoms. The van der Waals surface area contributed by atoms with Gasteiger partial charge in [-0.15, -0.1) is 11.6 Å². The summed E-state index contributed by atoms with van der Waals surface area (Å²) < 4.78 is 23.9. The first-order valence-corrected chi connectivity index (χ1v) is 11.6. The molecule has 16 heteroatoms. The Morgan fingerprint density at radius 1 is 0.829 bits per heavy atom. The summed E-state index contributed by atoms with van der Waals surface area (Å²) in [6.07, 6.45) is -8.01. The van der Waals surface area contributed by atoms with E-state index in [1.54, 1.807) is 0 Å². The molecule has 1 rings (SSSR count). The van der Waals surface area contributed by atoms with Gasteiger partial charge in [-0.2, -0.15) is 0 Å². The molecular weight excluding hydrogens is 560 g/mol. The highest BCUT2D eigenvalue weighted by molar-refractivity contribution is 6.76. The van der Waals surface area contributed by atoms with Crippen LogP contribution < -0.4 is 5.32 Å². The molecule has 1 N–H and O–H groups in total. The predicted octanol–water partition coefficient (Wildman–Crippen LogP) is 1.12. The summed E-state index contributed by atoms with van der Waals surface area (Å²) in [5.41, 5.74) is 0. The fourth-order valence-corrected chi connectivity index (χ4v) is 3.10. The molecule has 0 spiro atoms. The average molecular weight is 583 g/mol. The van der Waals surface area contributed by atoms with E-state index in [0.717, 1.165) is 13.8 Å². The van der Waals surface area contributed by atoms with E-state index >= 15 is 0 Å². The molecular formula is C19H23Cl4NO11. The van der Waals surface area contributed by atoms with Crippen molar-refractivity contribution in [3.05, 3.63) is 0 Å². The Kier molecular flexibility index (Phi) is 12.5. The van der Waals surface area contributed by atoms with E-state index in [1.165, 1.54) is 6.92 Å². The van der Waals surface area contributed by atoms with Crippen LogP contribution >= 0.6 is 46.4 Å². The number of carbonyl (C=O) groups is 6. The molecule has 12 nitrogen and oxygen atoms in total. The fraction of sp³-hybridized carbons (Fsp3) is 0.684. The summed E-state index contributed by atoms with van der Waals surface area (Å²) in [6.45, 7) is 2.73. The van der Waals surface area contributed by atoms with Crippen LogP contribution in [0.25, 0.3) is 0 Å². The van der Waals surface area contributed by atoms with Crippen LogP contribution in [0.4, 0.5) is 0 Å². The molecule has 0 radical (unpaired) electrons. The number of halogens is 4. The molecule has 0 aliphatic carbocycles. The standard InChI is InChI=1S/C19H23Cl4NO11/c1-8(25)4-5-12(28)31-7-11-14(35-13(29)6-20)15(32-9(2)26)16(33-10(3)27)17(34-11)24-18(30)19(21,22)23/h11,14-17H,4-7H2,1-3H3,(H,24,30)/t11-,14-,15+,16-,17+/m1/s1. The number of rotatable bonds is 10. The van der Waals surface area contributed by atoms with Gasteiger partial charge in [0.25, 0.3) is 9.70 Å². The fourth-order valence-electron chi connectivity index (χ4n) is 2.87. The van der Waals surface area contributed by atoms with Crippen LogP contribution in [0.1, 0.15) is 33.6 Å². The normalized spacial score (nSPS) is 24.0. The second kappa shape index (κ2) is 14.0. The number of ketones is 1. The third-order valence-electron chi connectivity index (χ3n) is 4.24. The van der Waals surface area contributed by atoms with E-state index in [2.05, 4.69) is 5.32 Å². The topological polar surface area (TPSA) is 161 Å². The highest BCUT2D eigenvalue weighted by Gasteiger charge is 2.53. The van der Waals surface area contributed by atoms with Crippen molar-refractivity contribution in [3.63, 3.8) is 0 Å². The first-order valence-electron chi connectivity index (χ1n) is 9.93. The van der Waals surface area contributed by atoms with Gasteiger partial charge in [0.15, 0.2) is 24.5 Å². The molecule has 0 unspecified atom stereocenters. The Balaban J connectivity index is 3.35. The van der Waals surface area contributed by atoms with Crippen LogP contribution in [0.2, 0.25) is 0 Å². The maximum atomic E-state index is 12.3. The van der Waals surface area contributed by atoms with Gasteiger partial charge in [0.1, 0.15) is 24.4 Å². The molecule has 1 amide bonds. The van der Waals surface area contributed by atoms with Crippen LogP contribution in [-0.2, 0) is 52.5 Å². The van der Waals surface area contributed by atoms with Gasteiger partial charge >= 0.3 is 23.9 Å². The van der Waals surface area contributed by atoms with Gasteiger partial charge in [0, 0.05) is 20.3 Å². The van der Waals surface area contributed by atoms with E-state index in [-0.39, 0.29) is 18.6 Å². The lowest BCUT2D eigenvalue weighted by Gasteiger charge is -2.44. The zero-order valence-corrected chi connectivity index (χ0v) is 21.7. The van der Waals surface area contributed by atoms with Crippen molar-refractivity contribution >= 4 is 82.0 Å². The number of hydrogen-bond acceptors (Lipinski definition) is 11. The van der Waals surface area contributed by atoms with Crippen LogP contribution in [-0.4, -0.2) is 82.5 Å². The maximum absolute atomic E-state index is 12.3. The summed E-state index contributed by atoms with van der Waals surface area (Å²) in [6, 6.07) is 0. The molecule has 0 saturated carbocycles. The molecule has 1 saturated heterocycles. The highest BCUT2D eigenvalue weighted by Crippen LogP contribution is 2.31. The van der Waals surface area contributed by atoms with E-state index in [0.29, 0.717) is 0 Å². The van der Waals surface area contributed by atoms with Crippen molar-refractivity contribution in [3.8, 4) is 0 Å². The van der Waals surface area contributed by atoms with Crippen LogP contribution in [0.3, 0.4) is 0 Å². The molecule has 5 atom stereocenters. The van der Waals surface area contributed by atoms with Crippen molar-refractivity contribution in [1.82, 2.24) is 5.32 Å². The Bertz CT molecular complexity index is 832. The maximum Gasteiger partial charge on any atom is 0.321 e. The second-order valence-corrected chi connectivity index (χ2v) is 9.74. The first-order chi connectivity index (χ1) is 16.1. The zero-order chi connectivity index (χ0) is 26.9. The molecule has 0 aromatic carbocycles. The molecule has 1 heterocycles. The van der Waals surface area contributed by atoms with Crippen molar-refractivity contribution in [1.29, 1.82) is 0 Å². The van der Waals surface area contributed by atoms with Crippen molar-refractivity contribution < 1.29 is 52.5 Å². The second-order valence-electron chi connectivity index (χ2n) is 7.19. The molecule has 1 aliphatic rings. The third-order valence-corrected chi connectivity index (χ3v) is 4.97. The van der Waals surface area contributed by atoms with E-state index in [4.69, 9.17) is 70.1 Å². The van der Waals surface area contributed by atoms with E-state index in [1.807, 2.05) is 0 Å². The van der Waals surface area contributed by atoms with Crippen LogP contribution in [0, 0.1) is 0 Å². The van der Waals surface area contributed by atoms with Crippen LogP contribution in [0.5, 0.6) is 0 Å². The van der Waals surface area contributed by atoms with Gasteiger partial charge in [-0.25, -0.2) is 0 Å². The number of ether oxygens (including phenoxy) is 5. The first kappa shape index (κ1) is 31.2. The summed E-state index contributed by atoms with van der Waals surface area (Å²) in [4.78, 5) is 70.9. The number of esters is 4. The van der Waals surface area contributed by atoms with E-state index in [9.17, 15) is 28.8 Å². The molecule has 0 bridgehead atoms. The Morgan fingerprint density at radius 2 is 1.40 bits per heavy atom. The molecule has 198 valence electrons. The minimum absolute atomic E-state index is 0.0818. The number of amides is 1. The van der Waals surface area contributed by atoms with Gasteiger partial charge < -0.3 is 33.8 Å². The highest BCUT2D eigenvalue weighted by atomic mass is 35.6. The lowest BCUT2D eigenvalue weighted by Crippen LogP contribution is -2.66. The van der Waals surface area contributed by atoms with Gasteiger partial charge in [-0.05, 0) is 6.92 Å². The lowest BCUT2D eigenvalue weighted by molar-refractivity contribution is -0.256. The monoisotopic (exact) mass is 581 g/mol. The molecule has 1 aliphatic heterocycles. The SMILES string of the molecule is CC(=O)CCC(=O)OC[C@H]1O[C@H](NC(=O)C(Cl)(Cl)Cl)[C@H](OC(C)=O)[C@@H](OC(C)=O)[C@@H]1OC(=O)CCl. The number of carbonyl (C=O) groups excluding carboxylic acids is 6. The number of nitrogens with one attached hydrogen (secondary N) is 1. The number of Topliss-reactive ketones (excluding diaryl/α,β-unsaturated/α-hetero) is 1. The Labute approximate surface area is 220 Å². The molecule has 0 aromatic heterocycles. The minimum Gasteiger partial charge on any atom is -0.463 e. The predicted molar refractivity (Wildman–Crippen MR) is 120 cm³/mol. The van der Waals surface area contributed by atoms with Gasteiger partial charge in [0.2, 0.25) is 0 Å². The van der Waals surface area contributed by atoms with E-state index < -0.39 is 76.7 Å². The summed E-state index contributed by atoms with van der Waals surface area (Å²) in [5.74, 6) is -5.60. The quantitative estimate of drug-likeness (QED) is 0.223. The molecule has 1 fully saturated rings. The Morgan fingerprint density at radius 3 is 1.89 bits per heavy atom. The van der Waals surface area contributed by atoms with Crippen molar-refractivity contribution in [2.45, 2.75) is 68.0 Å². The van der Waals surface area contributed by atoms with Crippen LogP contribution in [0.15, 0.2) is 0 Å². The smallest absolute Gasteiger partial charge is 0.321 e. The van der Waals surface area contributed by atoms with Gasteiger partial charge in [-0.3, -0.25) is 24.0 Å². The summed E-state index contributed by atoms with van der Waals surface area (Å²) in [5, 5.41) is 2.19. The van der Waals surface area contributed by atoms with Crippen molar-refractivity contribution in [2.24, 2.45) is 0 Å². The lowest BCUT2D eigenvalue weighted by atomic mass is 9.97. The molecule has 0 aromatic rings. The summed E-state index contributed by atoms with van der Waals surface area (Å²) >= 11 is 22.3. The number of hydrogen-bond donors (Lipinski definition) is 1. The zero-order valence-electron chi connectivity index (χ0n) is 18.7. The average Bonchev–Trinajstić information content (AvgIpc) is 2.73. The number of alkyl halides is 4. The van der Waals surface area contributed by atoms with Gasteiger partial charge in [-0.1, -0.05) is 34.8 Å². The third kappa shape index (κ3) is 10.7. The van der Waals surface area contributed by atoms with Crippen molar-refractivity contribution in [2.75, 3.05) is 12.5 Å². The Hall–Kier alpha value is -1.86. The van der Waals surface area contributed by atoms with Gasteiger partial charge in [0.05, 0.1) is 6.42 Å². The minimum atomic E-state index is -2.46. The largest absolute Gasteiger partial charge is 0.463 e. The summed E-state index contributed by atoms with van der Waals surface area (Å²) in [7, 11) is 0.